The van der Waals surface area contributed by atoms with E-state index in [1.165, 1.54) is 47.7 Å². The van der Waals surface area contributed by atoms with Crippen LogP contribution in [0.3, 0.4) is 0 Å². The molecule has 0 bridgehead atoms. The molecule has 1 aromatic carbocycles. The SMILES string of the molecule is Cc1ccc2cc(C(C)(C)C)cc(C3CCCC3)c2n1. The molecule has 20 heavy (non-hydrogen) atoms. The van der Waals surface area contributed by atoms with Gasteiger partial charge in [0, 0.05) is 11.1 Å². The van der Waals surface area contributed by atoms with Crippen LogP contribution in [0.2, 0.25) is 0 Å². The molecule has 1 aliphatic rings. The molecule has 3 rings (SSSR count). The average molecular weight is 267 g/mol. The molecular weight excluding hydrogens is 242 g/mol. The van der Waals surface area contributed by atoms with Gasteiger partial charge in [0.05, 0.1) is 5.52 Å². The van der Waals surface area contributed by atoms with Gasteiger partial charge in [-0.05, 0) is 54.4 Å². The zero-order valence-electron chi connectivity index (χ0n) is 13.2. The van der Waals surface area contributed by atoms with Gasteiger partial charge in [0.2, 0.25) is 0 Å². The second-order valence-electron chi connectivity index (χ2n) is 7.32. The van der Waals surface area contributed by atoms with E-state index in [2.05, 4.69) is 52.0 Å². The van der Waals surface area contributed by atoms with E-state index in [4.69, 9.17) is 4.98 Å². The van der Waals surface area contributed by atoms with Gasteiger partial charge in [0.1, 0.15) is 0 Å². The molecule has 1 saturated carbocycles. The third-order valence-corrected chi connectivity index (χ3v) is 4.62. The van der Waals surface area contributed by atoms with Crippen molar-refractivity contribution in [1.29, 1.82) is 0 Å². The lowest BCUT2D eigenvalue weighted by molar-refractivity contribution is 0.588. The van der Waals surface area contributed by atoms with Crippen LogP contribution in [0.4, 0.5) is 0 Å². The van der Waals surface area contributed by atoms with Crippen molar-refractivity contribution in [2.45, 2.75) is 64.7 Å². The van der Waals surface area contributed by atoms with Gasteiger partial charge in [0.15, 0.2) is 0 Å². The summed E-state index contributed by atoms with van der Waals surface area (Å²) < 4.78 is 0. The lowest BCUT2D eigenvalue weighted by Gasteiger charge is -2.23. The van der Waals surface area contributed by atoms with Crippen molar-refractivity contribution in [2.75, 3.05) is 0 Å². The summed E-state index contributed by atoms with van der Waals surface area (Å²) in [6, 6.07) is 9.14. The number of hydrogen-bond donors (Lipinski definition) is 0. The molecule has 0 amide bonds. The molecule has 1 aliphatic carbocycles. The van der Waals surface area contributed by atoms with Gasteiger partial charge >= 0.3 is 0 Å². The van der Waals surface area contributed by atoms with E-state index < -0.39 is 0 Å². The van der Waals surface area contributed by atoms with Gasteiger partial charge in [-0.25, -0.2) is 0 Å². The summed E-state index contributed by atoms with van der Waals surface area (Å²) in [6.45, 7) is 8.99. The first kappa shape index (κ1) is 13.6. The smallest absolute Gasteiger partial charge is 0.0740 e. The lowest BCUT2D eigenvalue weighted by atomic mass is 9.82. The molecule has 1 aromatic heterocycles. The highest BCUT2D eigenvalue weighted by molar-refractivity contribution is 5.83. The van der Waals surface area contributed by atoms with Gasteiger partial charge in [-0.1, -0.05) is 45.7 Å². The van der Waals surface area contributed by atoms with Crippen LogP contribution in [0.25, 0.3) is 10.9 Å². The largest absolute Gasteiger partial charge is 0.253 e. The Bertz CT molecular complexity index is 628. The second-order valence-corrected chi connectivity index (χ2v) is 7.32. The number of benzene rings is 1. The van der Waals surface area contributed by atoms with Crippen LogP contribution in [0, 0.1) is 6.92 Å². The van der Waals surface area contributed by atoms with Crippen molar-refractivity contribution in [1.82, 2.24) is 4.98 Å². The van der Waals surface area contributed by atoms with Crippen molar-refractivity contribution in [3.63, 3.8) is 0 Å². The zero-order valence-corrected chi connectivity index (χ0v) is 13.2. The minimum atomic E-state index is 0.201. The van der Waals surface area contributed by atoms with Crippen LogP contribution >= 0.6 is 0 Å². The number of aryl methyl sites for hydroxylation is 1. The summed E-state index contributed by atoms with van der Waals surface area (Å²) in [5.74, 6) is 0.717. The number of aromatic nitrogens is 1. The minimum absolute atomic E-state index is 0.201. The minimum Gasteiger partial charge on any atom is -0.253 e. The molecule has 0 spiro atoms. The Morgan fingerprint density at radius 1 is 1.05 bits per heavy atom. The van der Waals surface area contributed by atoms with Gasteiger partial charge in [-0.2, -0.15) is 0 Å². The maximum Gasteiger partial charge on any atom is 0.0740 e. The van der Waals surface area contributed by atoms with Crippen molar-refractivity contribution >= 4 is 10.9 Å². The first-order chi connectivity index (χ1) is 9.45. The average Bonchev–Trinajstić information content (AvgIpc) is 2.90. The Labute approximate surface area is 122 Å². The molecule has 1 heterocycles. The predicted octanol–water partition coefficient (Wildman–Crippen LogP) is 5.50. The molecule has 1 heteroatoms. The summed E-state index contributed by atoms with van der Waals surface area (Å²) in [5, 5.41) is 1.31. The van der Waals surface area contributed by atoms with Crippen LogP contribution in [-0.2, 0) is 5.41 Å². The van der Waals surface area contributed by atoms with Crippen LogP contribution in [-0.4, -0.2) is 4.98 Å². The molecule has 1 nitrogen and oxygen atoms in total. The molecule has 0 unspecified atom stereocenters. The van der Waals surface area contributed by atoms with E-state index >= 15 is 0 Å². The Hall–Kier alpha value is -1.37. The van der Waals surface area contributed by atoms with Crippen molar-refractivity contribution in [3.05, 3.63) is 41.1 Å². The molecule has 1 fully saturated rings. The summed E-state index contributed by atoms with van der Waals surface area (Å²) in [4.78, 5) is 4.84. The lowest BCUT2D eigenvalue weighted by Crippen LogP contribution is -2.12. The Kier molecular flexibility index (Phi) is 3.32. The molecule has 106 valence electrons. The fourth-order valence-corrected chi connectivity index (χ4v) is 3.34. The Balaban J connectivity index is 2.24. The van der Waals surface area contributed by atoms with E-state index in [0.717, 1.165) is 5.69 Å². The van der Waals surface area contributed by atoms with Crippen LogP contribution in [0.1, 0.15) is 69.2 Å². The molecule has 0 saturated heterocycles. The topological polar surface area (TPSA) is 12.9 Å². The molecule has 2 aromatic rings. The number of pyridine rings is 1. The predicted molar refractivity (Wildman–Crippen MR) is 86.4 cm³/mol. The van der Waals surface area contributed by atoms with E-state index in [9.17, 15) is 0 Å². The zero-order chi connectivity index (χ0) is 14.3. The maximum atomic E-state index is 4.84. The maximum absolute atomic E-state index is 4.84. The molecule has 0 aliphatic heterocycles. The van der Waals surface area contributed by atoms with E-state index in [1.807, 2.05) is 0 Å². The van der Waals surface area contributed by atoms with E-state index in [1.54, 1.807) is 0 Å². The number of fused-ring (bicyclic) bond motifs is 1. The molecule has 0 N–H and O–H groups in total. The van der Waals surface area contributed by atoms with Crippen LogP contribution in [0.5, 0.6) is 0 Å². The standard InChI is InChI=1S/C19H25N/c1-13-9-10-15-11-16(19(2,3)4)12-17(18(15)20-13)14-7-5-6-8-14/h9-12,14H,5-8H2,1-4H3. The number of rotatable bonds is 1. The number of nitrogens with zero attached hydrogens (tertiary/aromatic N) is 1. The van der Waals surface area contributed by atoms with Crippen LogP contribution in [0.15, 0.2) is 24.3 Å². The van der Waals surface area contributed by atoms with Crippen molar-refractivity contribution in [3.8, 4) is 0 Å². The highest BCUT2D eigenvalue weighted by atomic mass is 14.7. The highest BCUT2D eigenvalue weighted by Gasteiger charge is 2.23. The Morgan fingerprint density at radius 3 is 2.40 bits per heavy atom. The summed E-state index contributed by atoms with van der Waals surface area (Å²) >= 11 is 0. The van der Waals surface area contributed by atoms with E-state index in [-0.39, 0.29) is 5.41 Å². The summed E-state index contributed by atoms with van der Waals surface area (Å²) in [6.07, 6.45) is 5.41. The monoisotopic (exact) mass is 267 g/mol. The molecular formula is C19H25N. The second kappa shape index (κ2) is 4.87. The van der Waals surface area contributed by atoms with Gasteiger partial charge in [-0.15, -0.1) is 0 Å². The Morgan fingerprint density at radius 2 is 1.75 bits per heavy atom. The van der Waals surface area contributed by atoms with Crippen molar-refractivity contribution < 1.29 is 0 Å². The number of hydrogen-bond acceptors (Lipinski definition) is 1. The quantitative estimate of drug-likeness (QED) is 0.665. The molecule has 0 atom stereocenters. The normalized spacial score (nSPS) is 17.0. The van der Waals surface area contributed by atoms with Gasteiger partial charge in [0.25, 0.3) is 0 Å². The third kappa shape index (κ3) is 2.46. The summed E-state index contributed by atoms with van der Waals surface area (Å²) in [5.41, 5.74) is 5.50. The first-order valence-corrected chi connectivity index (χ1v) is 7.87. The van der Waals surface area contributed by atoms with Crippen molar-refractivity contribution in [2.24, 2.45) is 0 Å². The fraction of sp³-hybridized carbons (Fsp3) is 0.526. The highest BCUT2D eigenvalue weighted by Crippen LogP contribution is 2.39. The van der Waals surface area contributed by atoms with Gasteiger partial charge < -0.3 is 0 Å². The van der Waals surface area contributed by atoms with Gasteiger partial charge in [-0.3, -0.25) is 4.98 Å². The molecule has 0 radical (unpaired) electrons. The van der Waals surface area contributed by atoms with E-state index in [0.29, 0.717) is 5.92 Å². The first-order valence-electron chi connectivity index (χ1n) is 7.87. The third-order valence-electron chi connectivity index (χ3n) is 4.62. The fourth-order valence-electron chi connectivity index (χ4n) is 3.34. The summed E-state index contributed by atoms with van der Waals surface area (Å²) in [7, 11) is 0. The van der Waals surface area contributed by atoms with Crippen LogP contribution < -0.4 is 0 Å².